The largest absolute Gasteiger partial charge is 0.336 e. The van der Waals surface area contributed by atoms with Crippen molar-refractivity contribution in [2.24, 2.45) is 0 Å². The lowest BCUT2D eigenvalue weighted by Crippen LogP contribution is -2.35. The number of carbonyl (C=O) groups excluding carboxylic acids is 2. The van der Waals surface area contributed by atoms with Crippen molar-refractivity contribution in [3.8, 4) is 0 Å². The Labute approximate surface area is 199 Å². The molecular weight excluding hydrogens is 428 g/mol. The van der Waals surface area contributed by atoms with Gasteiger partial charge in [0.25, 0.3) is 11.8 Å². The third kappa shape index (κ3) is 4.60. The maximum absolute atomic E-state index is 13.8. The number of benzene rings is 3. The van der Waals surface area contributed by atoms with Gasteiger partial charge in [-0.05, 0) is 61.7 Å². The van der Waals surface area contributed by atoms with Gasteiger partial charge in [-0.3, -0.25) is 9.59 Å². The Morgan fingerprint density at radius 2 is 1.48 bits per heavy atom. The normalized spacial score (nSPS) is 13.9. The molecule has 0 unspecified atom stereocenters. The van der Waals surface area contributed by atoms with E-state index < -0.39 is 0 Å². The maximum atomic E-state index is 13.8. The fraction of sp³-hybridized carbons (Fsp3) is 0.214. The molecule has 0 saturated carbocycles. The predicted octanol–water partition coefficient (Wildman–Crippen LogP) is 6.52. The van der Waals surface area contributed by atoms with Crippen molar-refractivity contribution in [1.29, 1.82) is 0 Å². The maximum Gasteiger partial charge on any atom is 0.283 e. The number of likely N-dealkylation sites (N-methyl/N-ethyl adjacent to an activating group) is 1. The second kappa shape index (κ2) is 9.67. The molecule has 0 radical (unpaired) electrons. The average molecular weight is 457 g/mol. The summed E-state index contributed by atoms with van der Waals surface area (Å²) in [4.78, 5) is 32.0. The smallest absolute Gasteiger partial charge is 0.283 e. The van der Waals surface area contributed by atoms with Crippen LogP contribution in [0.5, 0.6) is 0 Å². The molecule has 4 nitrogen and oxygen atoms in total. The first-order valence-corrected chi connectivity index (χ1v) is 12.0. The molecule has 0 fully saturated rings. The Kier molecular flexibility index (Phi) is 6.70. The zero-order valence-electron chi connectivity index (χ0n) is 19.4. The van der Waals surface area contributed by atoms with Gasteiger partial charge in [0.1, 0.15) is 10.6 Å². The molecule has 3 aromatic rings. The van der Waals surface area contributed by atoms with Crippen LogP contribution in [-0.2, 0) is 9.59 Å². The van der Waals surface area contributed by atoms with Crippen molar-refractivity contribution >= 4 is 35.0 Å². The van der Waals surface area contributed by atoms with E-state index in [1.165, 1.54) is 22.2 Å². The minimum atomic E-state index is -0.294. The summed E-state index contributed by atoms with van der Waals surface area (Å²) in [5, 5.41) is 0. The van der Waals surface area contributed by atoms with Crippen LogP contribution in [0.15, 0.2) is 94.4 Å². The molecule has 5 heteroatoms. The molecule has 1 heterocycles. The fourth-order valence-corrected chi connectivity index (χ4v) is 4.85. The van der Waals surface area contributed by atoms with Crippen LogP contribution in [0.4, 0.5) is 11.4 Å². The number of para-hydroxylation sites is 1. The standard InChI is InChI=1S/C28H28N2O2S/c1-5-29(22-9-7-6-8-10-22)25-26(33-24-17-11-20(4)12-18-24)28(32)30(27(25)31)23-15-13-21(14-16-23)19(2)3/h6-19H,5H2,1-4H3. The molecule has 3 aromatic carbocycles. The third-order valence-corrected chi connectivity index (χ3v) is 6.81. The number of thioether (sulfide) groups is 1. The van der Waals surface area contributed by atoms with Gasteiger partial charge in [-0.2, -0.15) is 0 Å². The number of anilines is 2. The number of carbonyl (C=O) groups is 2. The van der Waals surface area contributed by atoms with Crippen LogP contribution in [0.2, 0.25) is 0 Å². The topological polar surface area (TPSA) is 40.6 Å². The highest BCUT2D eigenvalue weighted by Crippen LogP contribution is 2.40. The van der Waals surface area contributed by atoms with Crippen LogP contribution in [0.1, 0.15) is 37.8 Å². The quantitative estimate of drug-likeness (QED) is 0.379. The molecule has 0 bridgehead atoms. The number of aryl methyl sites for hydroxylation is 1. The number of nitrogens with zero attached hydrogens (tertiary/aromatic N) is 2. The van der Waals surface area contributed by atoms with Gasteiger partial charge in [0.05, 0.1) is 5.69 Å². The summed E-state index contributed by atoms with van der Waals surface area (Å²) >= 11 is 1.35. The summed E-state index contributed by atoms with van der Waals surface area (Å²) in [6.07, 6.45) is 0. The SMILES string of the molecule is CCN(C1=C(Sc2ccc(C)cc2)C(=O)N(c2ccc(C(C)C)cc2)C1=O)c1ccccc1. The van der Waals surface area contributed by atoms with Crippen molar-refractivity contribution in [2.45, 2.75) is 38.5 Å². The van der Waals surface area contributed by atoms with Crippen LogP contribution in [0, 0.1) is 6.92 Å². The van der Waals surface area contributed by atoms with E-state index in [1.807, 2.05) is 97.6 Å². The van der Waals surface area contributed by atoms with Gasteiger partial charge in [-0.1, -0.05) is 73.6 Å². The Morgan fingerprint density at radius 1 is 0.848 bits per heavy atom. The van der Waals surface area contributed by atoms with Crippen molar-refractivity contribution in [3.05, 3.63) is 101 Å². The predicted molar refractivity (Wildman–Crippen MR) is 137 cm³/mol. The number of hydrogen-bond acceptors (Lipinski definition) is 4. The van der Waals surface area contributed by atoms with Gasteiger partial charge in [0, 0.05) is 17.1 Å². The minimum Gasteiger partial charge on any atom is -0.336 e. The second-order valence-corrected chi connectivity index (χ2v) is 9.45. The highest BCUT2D eigenvalue weighted by Gasteiger charge is 2.42. The summed E-state index contributed by atoms with van der Waals surface area (Å²) < 4.78 is 0. The highest BCUT2D eigenvalue weighted by molar-refractivity contribution is 8.04. The fourth-order valence-electron chi connectivity index (χ4n) is 3.87. The van der Waals surface area contributed by atoms with Gasteiger partial charge in [-0.25, -0.2) is 4.90 Å². The molecule has 0 spiro atoms. The summed E-state index contributed by atoms with van der Waals surface area (Å²) in [6, 6.07) is 25.4. The van der Waals surface area contributed by atoms with Gasteiger partial charge < -0.3 is 4.90 Å². The van der Waals surface area contributed by atoms with Gasteiger partial charge >= 0.3 is 0 Å². The van der Waals surface area contributed by atoms with Crippen molar-refractivity contribution < 1.29 is 9.59 Å². The number of imide groups is 1. The van der Waals surface area contributed by atoms with E-state index >= 15 is 0 Å². The first kappa shape index (κ1) is 22.9. The van der Waals surface area contributed by atoms with Crippen molar-refractivity contribution in [2.75, 3.05) is 16.3 Å². The monoisotopic (exact) mass is 456 g/mol. The van der Waals surface area contributed by atoms with E-state index in [9.17, 15) is 9.59 Å². The van der Waals surface area contributed by atoms with Crippen LogP contribution in [0.25, 0.3) is 0 Å². The summed E-state index contributed by atoms with van der Waals surface area (Å²) in [5.41, 5.74) is 4.21. The minimum absolute atomic E-state index is 0.285. The Bertz CT molecular complexity index is 1180. The molecular formula is C28H28N2O2S. The molecule has 1 aliphatic heterocycles. The van der Waals surface area contributed by atoms with E-state index in [1.54, 1.807) is 0 Å². The number of rotatable bonds is 7. The van der Waals surface area contributed by atoms with Crippen molar-refractivity contribution in [1.82, 2.24) is 0 Å². The molecule has 1 aliphatic rings. The lowest BCUT2D eigenvalue weighted by molar-refractivity contribution is -0.120. The van der Waals surface area contributed by atoms with Gasteiger partial charge in [0.15, 0.2) is 0 Å². The molecule has 2 amide bonds. The van der Waals surface area contributed by atoms with E-state index in [0.29, 0.717) is 28.8 Å². The third-order valence-electron chi connectivity index (χ3n) is 5.73. The second-order valence-electron chi connectivity index (χ2n) is 8.36. The molecule has 0 atom stereocenters. The van der Waals surface area contributed by atoms with Crippen LogP contribution >= 0.6 is 11.8 Å². The van der Waals surface area contributed by atoms with E-state index in [0.717, 1.165) is 16.1 Å². The first-order chi connectivity index (χ1) is 15.9. The van der Waals surface area contributed by atoms with Crippen LogP contribution in [-0.4, -0.2) is 18.4 Å². The zero-order valence-corrected chi connectivity index (χ0v) is 20.2. The van der Waals surface area contributed by atoms with Crippen LogP contribution in [0.3, 0.4) is 0 Å². The van der Waals surface area contributed by atoms with E-state index in [-0.39, 0.29) is 11.8 Å². The van der Waals surface area contributed by atoms with E-state index in [4.69, 9.17) is 0 Å². The summed E-state index contributed by atoms with van der Waals surface area (Å²) in [7, 11) is 0. The zero-order chi connectivity index (χ0) is 23.5. The van der Waals surface area contributed by atoms with Gasteiger partial charge in [0.2, 0.25) is 0 Å². The highest BCUT2D eigenvalue weighted by atomic mass is 32.2. The molecule has 0 aliphatic carbocycles. The van der Waals surface area contributed by atoms with Crippen molar-refractivity contribution in [3.63, 3.8) is 0 Å². The Balaban J connectivity index is 1.79. The Morgan fingerprint density at radius 3 is 2.06 bits per heavy atom. The average Bonchev–Trinajstić information content (AvgIpc) is 3.06. The van der Waals surface area contributed by atoms with Crippen LogP contribution < -0.4 is 9.80 Å². The molecule has 0 saturated heterocycles. The lowest BCUT2D eigenvalue weighted by atomic mass is 10.0. The first-order valence-electron chi connectivity index (χ1n) is 11.2. The summed E-state index contributed by atoms with van der Waals surface area (Å²) in [6.45, 7) is 8.83. The lowest BCUT2D eigenvalue weighted by Gasteiger charge is -2.24. The molecule has 168 valence electrons. The summed E-state index contributed by atoms with van der Waals surface area (Å²) in [5.74, 6) is -0.205. The molecule has 0 aromatic heterocycles. The molecule has 0 N–H and O–H groups in total. The Hall–Kier alpha value is -3.31. The number of hydrogen-bond donors (Lipinski definition) is 0. The van der Waals surface area contributed by atoms with E-state index in [2.05, 4.69) is 13.8 Å². The van der Waals surface area contributed by atoms with Gasteiger partial charge in [-0.15, -0.1) is 0 Å². The molecule has 33 heavy (non-hydrogen) atoms. The number of amides is 2. The molecule has 4 rings (SSSR count).